The average Bonchev–Trinajstić information content (AvgIpc) is 2.38. The minimum absolute atomic E-state index is 0.0691. The first kappa shape index (κ1) is 14.1. The van der Waals surface area contributed by atoms with Crippen LogP contribution in [0.1, 0.15) is 5.82 Å². The first-order chi connectivity index (χ1) is 9.08. The van der Waals surface area contributed by atoms with Crippen molar-refractivity contribution in [3.8, 4) is 0 Å². The molecular weight excluding hydrogens is 330 g/mol. The molecular formula is C13H13BrClN3O. The van der Waals surface area contributed by atoms with E-state index in [-0.39, 0.29) is 5.56 Å². The predicted molar refractivity (Wildman–Crippen MR) is 80.9 cm³/mol. The summed E-state index contributed by atoms with van der Waals surface area (Å²) in [6.45, 7) is 2.98. The number of hydrogen-bond acceptors (Lipinski definition) is 3. The minimum atomic E-state index is -0.0691. The molecule has 0 aliphatic heterocycles. The topological polar surface area (TPSA) is 46.9 Å². The van der Waals surface area contributed by atoms with Gasteiger partial charge in [0.15, 0.2) is 0 Å². The second-order valence-corrected chi connectivity index (χ2v) is 5.34. The van der Waals surface area contributed by atoms with Crippen LogP contribution in [-0.4, -0.2) is 16.1 Å². The van der Waals surface area contributed by atoms with Crippen LogP contribution in [0.25, 0.3) is 0 Å². The van der Waals surface area contributed by atoms with Gasteiger partial charge in [0, 0.05) is 30.0 Å². The Bertz CT molecular complexity index is 642. The number of aryl methyl sites for hydroxylation is 1. The lowest BCUT2D eigenvalue weighted by molar-refractivity contribution is 0.649. The Morgan fingerprint density at radius 2 is 2.26 bits per heavy atom. The number of rotatable bonds is 4. The summed E-state index contributed by atoms with van der Waals surface area (Å²) in [7, 11) is 0. The number of halogens is 2. The molecule has 6 heteroatoms. The van der Waals surface area contributed by atoms with Gasteiger partial charge in [-0.2, -0.15) is 0 Å². The van der Waals surface area contributed by atoms with Crippen LogP contribution in [0.3, 0.4) is 0 Å². The minimum Gasteiger partial charge on any atom is -0.383 e. The maximum atomic E-state index is 11.9. The number of nitrogens with one attached hydrogen (secondary N) is 1. The third-order valence-electron chi connectivity index (χ3n) is 2.69. The van der Waals surface area contributed by atoms with E-state index in [1.165, 1.54) is 6.20 Å². The monoisotopic (exact) mass is 341 g/mol. The molecule has 0 saturated carbocycles. The summed E-state index contributed by atoms with van der Waals surface area (Å²) in [4.78, 5) is 16.1. The molecule has 0 saturated heterocycles. The highest BCUT2D eigenvalue weighted by atomic mass is 79.9. The normalized spacial score (nSPS) is 10.5. The van der Waals surface area contributed by atoms with E-state index in [1.54, 1.807) is 4.57 Å². The summed E-state index contributed by atoms with van der Waals surface area (Å²) in [5.41, 5.74) is 0.863. The quantitative estimate of drug-likeness (QED) is 0.929. The van der Waals surface area contributed by atoms with E-state index < -0.39 is 0 Å². The molecule has 1 N–H and O–H groups in total. The van der Waals surface area contributed by atoms with Gasteiger partial charge in [-0.05, 0) is 41.1 Å². The first-order valence-corrected chi connectivity index (χ1v) is 6.96. The van der Waals surface area contributed by atoms with Gasteiger partial charge in [0.1, 0.15) is 10.3 Å². The summed E-state index contributed by atoms with van der Waals surface area (Å²) in [5.74, 6) is 0.695. The number of nitrogens with zero attached hydrogens (tertiary/aromatic N) is 2. The smallest absolute Gasteiger partial charge is 0.267 e. The van der Waals surface area contributed by atoms with E-state index in [4.69, 9.17) is 11.6 Å². The zero-order chi connectivity index (χ0) is 13.8. The number of hydrogen-bond donors (Lipinski definition) is 1. The highest BCUT2D eigenvalue weighted by molar-refractivity contribution is 9.10. The molecule has 0 unspecified atom stereocenters. The number of aromatic nitrogens is 2. The van der Waals surface area contributed by atoms with Crippen molar-refractivity contribution < 1.29 is 0 Å². The fourth-order valence-corrected chi connectivity index (χ4v) is 2.23. The molecule has 1 aromatic heterocycles. The molecule has 4 nitrogen and oxygen atoms in total. The zero-order valence-electron chi connectivity index (χ0n) is 10.4. The van der Waals surface area contributed by atoms with E-state index in [9.17, 15) is 4.79 Å². The Labute approximate surface area is 124 Å². The van der Waals surface area contributed by atoms with Crippen LogP contribution < -0.4 is 10.9 Å². The summed E-state index contributed by atoms with van der Waals surface area (Å²) in [6.07, 6.45) is 1.53. The number of benzene rings is 1. The van der Waals surface area contributed by atoms with Gasteiger partial charge in [0.25, 0.3) is 5.56 Å². The molecule has 19 heavy (non-hydrogen) atoms. The van der Waals surface area contributed by atoms with Crippen molar-refractivity contribution in [1.29, 1.82) is 0 Å². The molecule has 0 atom stereocenters. The van der Waals surface area contributed by atoms with Crippen LogP contribution in [0, 0.1) is 6.92 Å². The molecule has 100 valence electrons. The van der Waals surface area contributed by atoms with E-state index >= 15 is 0 Å². The lowest BCUT2D eigenvalue weighted by Gasteiger charge is -2.11. The fourth-order valence-electron chi connectivity index (χ4n) is 1.72. The van der Waals surface area contributed by atoms with Gasteiger partial charge >= 0.3 is 0 Å². The highest BCUT2D eigenvalue weighted by Gasteiger charge is 2.04. The fraction of sp³-hybridized carbons (Fsp3) is 0.231. The molecule has 1 aromatic carbocycles. The Hall–Kier alpha value is -1.33. The van der Waals surface area contributed by atoms with Crippen LogP contribution >= 0.6 is 27.5 Å². The molecule has 2 rings (SSSR count). The Morgan fingerprint density at radius 1 is 1.47 bits per heavy atom. The predicted octanol–water partition coefficient (Wildman–Crippen LogP) is 3.08. The van der Waals surface area contributed by atoms with Crippen LogP contribution in [-0.2, 0) is 6.54 Å². The number of anilines is 1. The second-order valence-electron chi connectivity index (χ2n) is 4.05. The van der Waals surface area contributed by atoms with E-state index in [0.717, 1.165) is 5.69 Å². The Kier molecular flexibility index (Phi) is 4.61. The summed E-state index contributed by atoms with van der Waals surface area (Å²) in [6, 6.07) is 7.47. The molecule has 1 heterocycles. The largest absolute Gasteiger partial charge is 0.383 e. The third kappa shape index (κ3) is 3.58. The van der Waals surface area contributed by atoms with Gasteiger partial charge in [-0.3, -0.25) is 9.36 Å². The van der Waals surface area contributed by atoms with Gasteiger partial charge in [0.2, 0.25) is 0 Å². The van der Waals surface area contributed by atoms with Gasteiger partial charge < -0.3 is 5.32 Å². The standard InChI is InChI=1S/C13H13BrClN3O/c1-9-17-8-12(14)13(19)18(9)6-5-16-11-4-2-3-10(15)7-11/h2-4,7-8,16H,5-6H2,1H3. The summed E-state index contributed by atoms with van der Waals surface area (Å²) < 4.78 is 2.10. The van der Waals surface area contributed by atoms with Crippen LogP contribution in [0.5, 0.6) is 0 Å². The maximum Gasteiger partial charge on any atom is 0.267 e. The van der Waals surface area contributed by atoms with Crippen molar-refractivity contribution in [3.05, 3.63) is 56.1 Å². The van der Waals surface area contributed by atoms with Crippen LogP contribution in [0.15, 0.2) is 39.7 Å². The summed E-state index contributed by atoms with van der Waals surface area (Å²) in [5, 5.41) is 3.90. The van der Waals surface area contributed by atoms with Gasteiger partial charge in [-0.25, -0.2) is 4.98 Å². The maximum absolute atomic E-state index is 11.9. The molecule has 0 aliphatic carbocycles. The SMILES string of the molecule is Cc1ncc(Br)c(=O)n1CCNc1cccc(Cl)c1. The average molecular weight is 343 g/mol. The van der Waals surface area contributed by atoms with Crippen molar-refractivity contribution >= 4 is 33.2 Å². The molecule has 2 aromatic rings. The van der Waals surface area contributed by atoms with Crippen LogP contribution in [0.4, 0.5) is 5.69 Å². The molecule has 0 bridgehead atoms. The molecule has 0 amide bonds. The second kappa shape index (κ2) is 6.21. The highest BCUT2D eigenvalue weighted by Crippen LogP contribution is 2.14. The molecule has 0 aliphatic rings. The molecule has 0 fully saturated rings. The van der Waals surface area contributed by atoms with Crippen molar-refractivity contribution in [2.24, 2.45) is 0 Å². The Balaban J connectivity index is 2.04. The Morgan fingerprint density at radius 3 is 3.00 bits per heavy atom. The summed E-state index contributed by atoms with van der Waals surface area (Å²) >= 11 is 9.09. The van der Waals surface area contributed by atoms with Crippen LogP contribution in [0.2, 0.25) is 5.02 Å². The van der Waals surface area contributed by atoms with Crippen molar-refractivity contribution in [2.45, 2.75) is 13.5 Å². The van der Waals surface area contributed by atoms with Crippen molar-refractivity contribution in [2.75, 3.05) is 11.9 Å². The molecule has 0 radical (unpaired) electrons. The van der Waals surface area contributed by atoms with Gasteiger partial charge in [-0.1, -0.05) is 17.7 Å². The van der Waals surface area contributed by atoms with Gasteiger partial charge in [-0.15, -0.1) is 0 Å². The molecule has 0 spiro atoms. The first-order valence-electron chi connectivity index (χ1n) is 5.79. The lowest BCUT2D eigenvalue weighted by Crippen LogP contribution is -2.27. The van der Waals surface area contributed by atoms with Crippen molar-refractivity contribution in [3.63, 3.8) is 0 Å². The zero-order valence-corrected chi connectivity index (χ0v) is 12.7. The lowest BCUT2D eigenvalue weighted by atomic mass is 10.3. The van der Waals surface area contributed by atoms with Crippen molar-refractivity contribution in [1.82, 2.24) is 9.55 Å². The van der Waals surface area contributed by atoms with E-state index in [0.29, 0.717) is 28.4 Å². The van der Waals surface area contributed by atoms with Gasteiger partial charge in [0.05, 0.1) is 0 Å². The van der Waals surface area contributed by atoms with E-state index in [1.807, 2.05) is 31.2 Å². The third-order valence-corrected chi connectivity index (χ3v) is 3.47. The van der Waals surface area contributed by atoms with E-state index in [2.05, 4.69) is 26.2 Å².